The van der Waals surface area contributed by atoms with Crippen LogP contribution >= 0.6 is 0 Å². The average molecular weight is 267 g/mol. The molecule has 1 N–H and O–H groups in total. The van der Waals surface area contributed by atoms with Crippen LogP contribution in [0, 0.1) is 12.3 Å². The number of ether oxygens (including phenoxy) is 2. The topological polar surface area (TPSA) is 30.5 Å². The van der Waals surface area contributed by atoms with Gasteiger partial charge >= 0.3 is 0 Å². The van der Waals surface area contributed by atoms with Crippen molar-refractivity contribution in [2.45, 2.75) is 6.54 Å². The second-order valence-corrected chi connectivity index (χ2v) is 4.27. The van der Waals surface area contributed by atoms with Crippen molar-refractivity contribution in [1.29, 1.82) is 0 Å². The van der Waals surface area contributed by atoms with Gasteiger partial charge in [-0.25, -0.2) is 0 Å². The van der Waals surface area contributed by atoms with Crippen molar-refractivity contribution in [3.8, 4) is 23.8 Å². The van der Waals surface area contributed by atoms with E-state index in [1.165, 1.54) is 0 Å². The van der Waals surface area contributed by atoms with Crippen LogP contribution in [0.4, 0.5) is 5.69 Å². The minimum atomic E-state index is 0.689. The lowest BCUT2D eigenvalue weighted by atomic mass is 10.1. The molecule has 0 aromatic heterocycles. The van der Waals surface area contributed by atoms with Gasteiger partial charge in [-0.15, -0.1) is 6.42 Å². The third-order valence-electron chi connectivity index (χ3n) is 2.97. The summed E-state index contributed by atoms with van der Waals surface area (Å²) >= 11 is 0. The van der Waals surface area contributed by atoms with Crippen LogP contribution in [0.1, 0.15) is 11.1 Å². The van der Waals surface area contributed by atoms with Crippen LogP contribution in [0.3, 0.4) is 0 Å². The summed E-state index contributed by atoms with van der Waals surface area (Å²) in [6.07, 6.45) is 5.39. The zero-order valence-electron chi connectivity index (χ0n) is 11.6. The Morgan fingerprint density at radius 1 is 1.05 bits per heavy atom. The highest BCUT2D eigenvalue weighted by molar-refractivity contribution is 5.51. The molecule has 0 bridgehead atoms. The van der Waals surface area contributed by atoms with Crippen molar-refractivity contribution in [3.05, 3.63) is 53.6 Å². The highest BCUT2D eigenvalue weighted by Gasteiger charge is 2.04. The van der Waals surface area contributed by atoms with Gasteiger partial charge in [-0.1, -0.05) is 18.1 Å². The lowest BCUT2D eigenvalue weighted by Crippen LogP contribution is -2.00. The second kappa shape index (κ2) is 6.53. The molecule has 0 spiro atoms. The molecule has 0 saturated carbocycles. The summed E-state index contributed by atoms with van der Waals surface area (Å²) in [5.41, 5.74) is 2.96. The van der Waals surface area contributed by atoms with Gasteiger partial charge < -0.3 is 14.8 Å². The minimum Gasteiger partial charge on any atom is -0.493 e. The van der Waals surface area contributed by atoms with Crippen LogP contribution in [0.5, 0.6) is 11.5 Å². The van der Waals surface area contributed by atoms with Gasteiger partial charge in [0.1, 0.15) is 0 Å². The van der Waals surface area contributed by atoms with Crippen molar-refractivity contribution in [2.75, 3.05) is 19.5 Å². The van der Waals surface area contributed by atoms with Gasteiger partial charge in [0.15, 0.2) is 11.5 Å². The van der Waals surface area contributed by atoms with Crippen molar-refractivity contribution >= 4 is 5.69 Å². The van der Waals surface area contributed by atoms with E-state index in [1.54, 1.807) is 14.2 Å². The third-order valence-corrected chi connectivity index (χ3v) is 2.97. The zero-order chi connectivity index (χ0) is 14.4. The van der Waals surface area contributed by atoms with E-state index in [9.17, 15) is 0 Å². The Labute approximate surface area is 119 Å². The summed E-state index contributed by atoms with van der Waals surface area (Å²) in [4.78, 5) is 0. The molecule has 102 valence electrons. The number of anilines is 1. The maximum absolute atomic E-state index is 5.39. The quantitative estimate of drug-likeness (QED) is 0.843. The fourth-order valence-corrected chi connectivity index (χ4v) is 1.91. The summed E-state index contributed by atoms with van der Waals surface area (Å²) in [5.74, 6) is 4.08. The van der Waals surface area contributed by atoms with Crippen LogP contribution < -0.4 is 14.8 Å². The Balaban J connectivity index is 2.09. The van der Waals surface area contributed by atoms with Gasteiger partial charge in [-0.2, -0.15) is 0 Å². The van der Waals surface area contributed by atoms with E-state index in [0.717, 1.165) is 28.3 Å². The number of hydrogen-bond acceptors (Lipinski definition) is 3. The predicted octanol–water partition coefficient (Wildman–Crippen LogP) is 3.30. The largest absolute Gasteiger partial charge is 0.493 e. The number of hydrogen-bond donors (Lipinski definition) is 1. The summed E-state index contributed by atoms with van der Waals surface area (Å²) < 4.78 is 10.5. The van der Waals surface area contributed by atoms with Crippen LogP contribution in [-0.4, -0.2) is 14.2 Å². The molecule has 0 aliphatic rings. The summed E-state index contributed by atoms with van der Waals surface area (Å²) in [6.45, 7) is 0.689. The van der Waals surface area contributed by atoms with Gasteiger partial charge in [0.25, 0.3) is 0 Å². The highest BCUT2D eigenvalue weighted by atomic mass is 16.5. The maximum atomic E-state index is 5.39. The fourth-order valence-electron chi connectivity index (χ4n) is 1.91. The molecule has 20 heavy (non-hydrogen) atoms. The first-order valence-electron chi connectivity index (χ1n) is 6.28. The summed E-state index contributed by atoms with van der Waals surface area (Å²) in [6, 6.07) is 13.6. The molecule has 0 unspecified atom stereocenters. The SMILES string of the molecule is C#Cc1cccc(NCc2ccc(OC)c(OC)c2)c1. The Kier molecular flexibility index (Phi) is 4.52. The first-order valence-corrected chi connectivity index (χ1v) is 6.28. The first kappa shape index (κ1) is 13.8. The van der Waals surface area contributed by atoms with Gasteiger partial charge in [-0.3, -0.25) is 0 Å². The molecule has 0 atom stereocenters. The molecule has 0 aliphatic carbocycles. The molecule has 2 rings (SSSR count). The highest BCUT2D eigenvalue weighted by Crippen LogP contribution is 2.27. The predicted molar refractivity (Wildman–Crippen MR) is 81.2 cm³/mol. The Bertz CT molecular complexity index is 629. The normalized spacial score (nSPS) is 9.65. The van der Waals surface area contributed by atoms with E-state index in [0.29, 0.717) is 6.54 Å². The van der Waals surface area contributed by atoms with Crippen LogP contribution in [0.15, 0.2) is 42.5 Å². The molecule has 0 saturated heterocycles. The smallest absolute Gasteiger partial charge is 0.161 e. The Hall–Kier alpha value is -2.60. The number of rotatable bonds is 5. The molecule has 0 amide bonds. The average Bonchev–Trinajstić information content (AvgIpc) is 2.52. The van der Waals surface area contributed by atoms with Crippen LogP contribution in [-0.2, 0) is 6.54 Å². The van der Waals surface area contributed by atoms with Gasteiger partial charge in [0.2, 0.25) is 0 Å². The number of benzene rings is 2. The molecule has 3 heteroatoms. The molecule has 2 aromatic carbocycles. The molecule has 0 fully saturated rings. The fraction of sp³-hybridized carbons (Fsp3) is 0.176. The molecule has 0 radical (unpaired) electrons. The molecular formula is C17H17NO2. The first-order chi connectivity index (χ1) is 9.76. The van der Waals surface area contributed by atoms with Gasteiger partial charge in [-0.05, 0) is 35.9 Å². The third kappa shape index (κ3) is 3.24. The van der Waals surface area contributed by atoms with Crippen LogP contribution in [0.25, 0.3) is 0 Å². The van der Waals surface area contributed by atoms with Crippen molar-refractivity contribution < 1.29 is 9.47 Å². The molecule has 2 aromatic rings. The molecule has 3 nitrogen and oxygen atoms in total. The monoisotopic (exact) mass is 267 g/mol. The molecule has 0 aliphatic heterocycles. The number of nitrogens with one attached hydrogen (secondary N) is 1. The molecule has 0 heterocycles. The van der Waals surface area contributed by atoms with E-state index in [4.69, 9.17) is 15.9 Å². The van der Waals surface area contributed by atoms with Gasteiger partial charge in [0, 0.05) is 17.8 Å². The second-order valence-electron chi connectivity index (χ2n) is 4.27. The van der Waals surface area contributed by atoms with E-state index >= 15 is 0 Å². The zero-order valence-corrected chi connectivity index (χ0v) is 11.6. The van der Waals surface area contributed by atoms with E-state index in [2.05, 4.69) is 11.2 Å². The van der Waals surface area contributed by atoms with Gasteiger partial charge in [0.05, 0.1) is 14.2 Å². The lowest BCUT2D eigenvalue weighted by Gasteiger charge is -2.11. The Morgan fingerprint density at radius 2 is 1.85 bits per heavy atom. The Morgan fingerprint density at radius 3 is 2.55 bits per heavy atom. The van der Waals surface area contributed by atoms with E-state index in [1.807, 2.05) is 42.5 Å². The minimum absolute atomic E-state index is 0.689. The van der Waals surface area contributed by atoms with Crippen LogP contribution in [0.2, 0.25) is 0 Å². The summed E-state index contributed by atoms with van der Waals surface area (Å²) in [5, 5.41) is 3.33. The van der Waals surface area contributed by atoms with Crippen molar-refractivity contribution in [2.24, 2.45) is 0 Å². The number of methoxy groups -OCH3 is 2. The summed E-state index contributed by atoms with van der Waals surface area (Å²) in [7, 11) is 3.26. The van der Waals surface area contributed by atoms with E-state index in [-0.39, 0.29) is 0 Å². The van der Waals surface area contributed by atoms with Crippen molar-refractivity contribution in [3.63, 3.8) is 0 Å². The van der Waals surface area contributed by atoms with E-state index < -0.39 is 0 Å². The molecular weight excluding hydrogens is 250 g/mol. The maximum Gasteiger partial charge on any atom is 0.161 e. The standard InChI is InChI=1S/C17H17NO2/c1-4-13-6-5-7-15(10-13)18-12-14-8-9-16(19-2)17(11-14)20-3/h1,5-11,18H,12H2,2-3H3. The lowest BCUT2D eigenvalue weighted by molar-refractivity contribution is 0.354. The number of terminal acetylenes is 1. The van der Waals surface area contributed by atoms with Crippen molar-refractivity contribution in [1.82, 2.24) is 0 Å².